The van der Waals surface area contributed by atoms with Gasteiger partial charge in [-0.1, -0.05) is 30.0 Å². The summed E-state index contributed by atoms with van der Waals surface area (Å²) in [6.07, 6.45) is -0.0710. The van der Waals surface area contributed by atoms with E-state index in [4.69, 9.17) is 4.42 Å². The number of hydrogen-bond acceptors (Lipinski definition) is 10. The second-order valence-electron chi connectivity index (χ2n) is 6.34. The molecule has 0 bridgehead atoms. The van der Waals surface area contributed by atoms with Crippen LogP contribution in [-0.2, 0) is 9.59 Å². The molecular weight excluding hydrogens is 430 g/mol. The molecule has 4 rings (SSSR count). The van der Waals surface area contributed by atoms with Gasteiger partial charge in [0.2, 0.25) is 17.7 Å². The number of nitro groups is 2. The number of amides is 2. The summed E-state index contributed by atoms with van der Waals surface area (Å²) in [6, 6.07) is 11.4. The Morgan fingerprint density at radius 3 is 2.26 bits per heavy atom. The first kappa shape index (κ1) is 20.2. The minimum Gasteiger partial charge on any atom is -0.411 e. The number of para-hydroxylation sites is 1. The highest BCUT2D eigenvalue weighted by atomic mass is 32.2. The van der Waals surface area contributed by atoms with Gasteiger partial charge in [0.1, 0.15) is 5.25 Å². The van der Waals surface area contributed by atoms with Crippen molar-refractivity contribution < 1.29 is 23.9 Å². The molecule has 1 fully saturated rings. The molecule has 0 spiro atoms. The van der Waals surface area contributed by atoms with Crippen LogP contribution in [0.4, 0.5) is 17.1 Å². The van der Waals surface area contributed by atoms with Gasteiger partial charge in [-0.3, -0.25) is 29.8 Å². The Labute approximate surface area is 177 Å². The third-order valence-electron chi connectivity index (χ3n) is 4.34. The van der Waals surface area contributed by atoms with E-state index in [1.54, 1.807) is 30.3 Å². The summed E-state index contributed by atoms with van der Waals surface area (Å²) in [6.45, 7) is 0. The number of nitrogens with zero attached hydrogens (tertiary/aromatic N) is 5. The van der Waals surface area contributed by atoms with Crippen LogP contribution in [0.25, 0.3) is 11.5 Å². The number of nitro benzene ring substituents is 2. The van der Waals surface area contributed by atoms with E-state index < -0.39 is 32.4 Å². The van der Waals surface area contributed by atoms with Crippen LogP contribution in [0, 0.1) is 20.2 Å². The summed E-state index contributed by atoms with van der Waals surface area (Å²) in [5.74, 6) is -0.999. The van der Waals surface area contributed by atoms with Gasteiger partial charge >= 0.3 is 0 Å². The van der Waals surface area contributed by atoms with E-state index >= 15 is 0 Å². The summed E-state index contributed by atoms with van der Waals surface area (Å²) < 4.78 is 5.44. The number of carbonyl (C=O) groups is 2. The molecule has 31 heavy (non-hydrogen) atoms. The molecule has 1 aliphatic heterocycles. The number of rotatable bonds is 6. The zero-order chi connectivity index (χ0) is 22.1. The van der Waals surface area contributed by atoms with Crippen LogP contribution in [-0.4, -0.2) is 37.1 Å². The van der Waals surface area contributed by atoms with Gasteiger partial charge in [-0.2, -0.15) is 0 Å². The summed E-state index contributed by atoms with van der Waals surface area (Å²) in [5.41, 5.74) is -0.575. The minimum absolute atomic E-state index is 0.0139. The smallest absolute Gasteiger partial charge is 0.277 e. The van der Waals surface area contributed by atoms with Gasteiger partial charge < -0.3 is 4.42 Å². The Balaban J connectivity index is 1.57. The molecule has 1 unspecified atom stereocenters. The number of hydrogen-bond donors (Lipinski definition) is 0. The quantitative estimate of drug-likeness (QED) is 0.315. The molecular formula is C18H11N5O7S. The highest BCUT2D eigenvalue weighted by molar-refractivity contribution is 8.00. The average Bonchev–Trinajstić information content (AvgIpc) is 3.32. The number of thioether (sulfide) groups is 1. The van der Waals surface area contributed by atoms with Gasteiger partial charge in [0.25, 0.3) is 16.6 Å². The monoisotopic (exact) mass is 441 g/mol. The van der Waals surface area contributed by atoms with Crippen LogP contribution >= 0.6 is 11.8 Å². The third kappa shape index (κ3) is 3.98. The van der Waals surface area contributed by atoms with E-state index in [1.807, 2.05) is 0 Å². The van der Waals surface area contributed by atoms with Gasteiger partial charge in [0.05, 0.1) is 27.2 Å². The number of carbonyl (C=O) groups excluding carboxylic acids is 2. The molecule has 1 saturated heterocycles. The van der Waals surface area contributed by atoms with E-state index in [0.29, 0.717) is 5.69 Å². The van der Waals surface area contributed by atoms with Crippen LogP contribution < -0.4 is 4.90 Å². The van der Waals surface area contributed by atoms with Gasteiger partial charge in [0.15, 0.2) is 0 Å². The Hall–Kier alpha value is -4.13. The van der Waals surface area contributed by atoms with Crippen molar-refractivity contribution in [3.8, 4) is 11.5 Å². The fraction of sp³-hybridized carbons (Fsp3) is 0.111. The van der Waals surface area contributed by atoms with Crippen LogP contribution in [0.1, 0.15) is 6.42 Å². The molecule has 2 heterocycles. The highest BCUT2D eigenvalue weighted by Gasteiger charge is 2.41. The zero-order valence-corrected chi connectivity index (χ0v) is 16.2. The van der Waals surface area contributed by atoms with E-state index in [1.165, 1.54) is 0 Å². The standard InChI is InChI=1S/C18H11N5O7S/c24-15-9-14(17(25)21(15)11-4-2-1-3-5-11)31-18-20-19-16(30-18)10-6-12(22(26)27)8-13(7-10)23(28)29/h1-8,14H,9H2. The van der Waals surface area contributed by atoms with Gasteiger partial charge in [-0.05, 0) is 12.1 Å². The van der Waals surface area contributed by atoms with Crippen molar-refractivity contribution >= 4 is 40.6 Å². The van der Waals surface area contributed by atoms with Crippen molar-refractivity contribution in [3.63, 3.8) is 0 Å². The molecule has 1 atom stereocenters. The van der Waals surface area contributed by atoms with Crippen LogP contribution in [0.15, 0.2) is 58.2 Å². The fourth-order valence-electron chi connectivity index (χ4n) is 2.97. The summed E-state index contributed by atoms with van der Waals surface area (Å²) in [5, 5.41) is 28.8. The molecule has 156 valence electrons. The zero-order valence-electron chi connectivity index (χ0n) is 15.4. The molecule has 1 aromatic heterocycles. The third-order valence-corrected chi connectivity index (χ3v) is 5.36. The van der Waals surface area contributed by atoms with Crippen molar-refractivity contribution in [2.24, 2.45) is 0 Å². The lowest BCUT2D eigenvalue weighted by Gasteiger charge is -2.13. The largest absolute Gasteiger partial charge is 0.411 e. The van der Waals surface area contributed by atoms with Crippen molar-refractivity contribution in [2.45, 2.75) is 16.9 Å². The number of aromatic nitrogens is 2. The lowest BCUT2D eigenvalue weighted by atomic mass is 10.2. The first-order valence-corrected chi connectivity index (χ1v) is 9.57. The molecule has 0 saturated carbocycles. The lowest BCUT2D eigenvalue weighted by Crippen LogP contribution is -2.30. The molecule has 12 nitrogen and oxygen atoms in total. The van der Waals surface area contributed by atoms with Crippen molar-refractivity contribution in [2.75, 3.05) is 4.90 Å². The van der Waals surface area contributed by atoms with E-state index in [2.05, 4.69) is 10.2 Å². The highest BCUT2D eigenvalue weighted by Crippen LogP contribution is 2.35. The number of anilines is 1. The molecule has 3 aromatic rings. The molecule has 0 N–H and O–H groups in total. The second kappa shape index (κ2) is 7.95. The minimum atomic E-state index is -0.791. The van der Waals surface area contributed by atoms with Gasteiger partial charge in [0, 0.05) is 18.6 Å². The Morgan fingerprint density at radius 2 is 1.65 bits per heavy atom. The van der Waals surface area contributed by atoms with E-state index in [-0.39, 0.29) is 29.0 Å². The summed E-state index contributed by atoms with van der Waals surface area (Å²) in [4.78, 5) is 46.6. The molecule has 13 heteroatoms. The topological polar surface area (TPSA) is 163 Å². The second-order valence-corrected chi connectivity index (χ2v) is 7.49. The number of non-ortho nitro benzene ring substituents is 2. The molecule has 0 aliphatic carbocycles. The SMILES string of the molecule is O=C1CC(Sc2nnc(-c3cc([N+](=O)[O-])cc([N+](=O)[O-])c3)o2)C(=O)N1c1ccccc1. The first-order chi connectivity index (χ1) is 14.8. The van der Waals surface area contributed by atoms with Gasteiger partial charge in [-0.25, -0.2) is 4.90 Å². The number of imide groups is 1. The predicted molar refractivity (Wildman–Crippen MR) is 106 cm³/mol. The maximum Gasteiger partial charge on any atom is 0.277 e. The van der Waals surface area contributed by atoms with Crippen LogP contribution in [0.3, 0.4) is 0 Å². The van der Waals surface area contributed by atoms with Crippen LogP contribution in [0.5, 0.6) is 0 Å². The Kier molecular flexibility index (Phi) is 5.17. The fourth-order valence-corrected chi connectivity index (χ4v) is 3.86. The van der Waals surface area contributed by atoms with Crippen LogP contribution in [0.2, 0.25) is 0 Å². The van der Waals surface area contributed by atoms with Crippen molar-refractivity contribution in [1.82, 2.24) is 10.2 Å². The normalized spacial score (nSPS) is 16.0. The van der Waals surface area contributed by atoms with Crippen molar-refractivity contribution in [1.29, 1.82) is 0 Å². The van der Waals surface area contributed by atoms with Gasteiger partial charge in [-0.15, -0.1) is 10.2 Å². The predicted octanol–water partition coefficient (Wildman–Crippen LogP) is 2.98. The summed E-state index contributed by atoms with van der Waals surface area (Å²) in [7, 11) is 0. The lowest BCUT2D eigenvalue weighted by molar-refractivity contribution is -0.394. The Morgan fingerprint density at radius 1 is 1.00 bits per heavy atom. The Bertz CT molecular complexity index is 1180. The maximum absolute atomic E-state index is 12.7. The van der Waals surface area contributed by atoms with E-state index in [0.717, 1.165) is 34.9 Å². The average molecular weight is 441 g/mol. The molecule has 2 amide bonds. The first-order valence-electron chi connectivity index (χ1n) is 8.70. The molecule has 1 aliphatic rings. The van der Waals surface area contributed by atoms with E-state index in [9.17, 15) is 29.8 Å². The molecule has 2 aromatic carbocycles. The van der Waals surface area contributed by atoms with Crippen molar-refractivity contribution in [3.05, 3.63) is 68.8 Å². The maximum atomic E-state index is 12.7. The number of benzene rings is 2. The summed E-state index contributed by atoms with van der Waals surface area (Å²) >= 11 is 0.878. The molecule has 0 radical (unpaired) electrons.